The van der Waals surface area contributed by atoms with E-state index in [0.717, 1.165) is 18.5 Å². The van der Waals surface area contributed by atoms with Crippen molar-refractivity contribution in [3.63, 3.8) is 0 Å². The van der Waals surface area contributed by atoms with Crippen LogP contribution in [0.2, 0.25) is 0 Å². The van der Waals surface area contributed by atoms with Crippen molar-refractivity contribution in [3.05, 3.63) is 23.8 Å². The molecule has 1 aromatic rings. The number of amides is 1. The number of likely N-dealkylation sites (tertiary alicyclic amines) is 1. The molecule has 1 saturated heterocycles. The SMILES string of the molecule is Cc1cnc(C(=O)NCCCCCN2CCCCC2)cn1. The highest BCUT2D eigenvalue weighted by atomic mass is 16.1. The van der Waals surface area contributed by atoms with Crippen molar-refractivity contribution in [3.8, 4) is 0 Å². The largest absolute Gasteiger partial charge is 0.351 e. The standard InChI is InChI=1S/C16H26N4O/c1-14-12-19-15(13-18-14)16(21)17-8-4-2-5-9-20-10-6-3-7-11-20/h12-13H,2-11H2,1H3,(H,17,21). The Morgan fingerprint density at radius 2 is 1.95 bits per heavy atom. The third-order valence-corrected chi connectivity index (χ3v) is 3.90. The maximum Gasteiger partial charge on any atom is 0.271 e. The van der Waals surface area contributed by atoms with Gasteiger partial charge in [-0.3, -0.25) is 9.78 Å². The van der Waals surface area contributed by atoms with Gasteiger partial charge in [-0.15, -0.1) is 0 Å². The number of nitrogens with one attached hydrogen (secondary N) is 1. The molecule has 1 aromatic heterocycles. The number of aryl methyl sites for hydroxylation is 1. The van der Waals surface area contributed by atoms with E-state index in [2.05, 4.69) is 20.2 Å². The van der Waals surface area contributed by atoms with Crippen molar-refractivity contribution in [1.82, 2.24) is 20.2 Å². The lowest BCUT2D eigenvalue weighted by Crippen LogP contribution is -2.30. The van der Waals surface area contributed by atoms with Crippen molar-refractivity contribution in [2.75, 3.05) is 26.2 Å². The van der Waals surface area contributed by atoms with Gasteiger partial charge in [0, 0.05) is 12.7 Å². The van der Waals surface area contributed by atoms with Gasteiger partial charge in [0.05, 0.1) is 11.9 Å². The molecule has 1 amide bonds. The topological polar surface area (TPSA) is 58.1 Å². The van der Waals surface area contributed by atoms with Crippen LogP contribution in [0.5, 0.6) is 0 Å². The highest BCUT2D eigenvalue weighted by molar-refractivity contribution is 5.91. The molecule has 116 valence electrons. The van der Waals surface area contributed by atoms with Crippen LogP contribution in [0.25, 0.3) is 0 Å². The predicted octanol–water partition coefficient (Wildman–Crippen LogP) is 2.17. The number of aromatic nitrogens is 2. The van der Waals surface area contributed by atoms with E-state index in [-0.39, 0.29) is 5.91 Å². The van der Waals surface area contributed by atoms with Crippen molar-refractivity contribution in [2.45, 2.75) is 45.4 Å². The Balaban J connectivity index is 1.53. The fraction of sp³-hybridized carbons (Fsp3) is 0.688. The van der Waals surface area contributed by atoms with Gasteiger partial charge in [0.2, 0.25) is 0 Å². The van der Waals surface area contributed by atoms with E-state index in [0.29, 0.717) is 12.2 Å². The van der Waals surface area contributed by atoms with Crippen molar-refractivity contribution in [1.29, 1.82) is 0 Å². The van der Waals surface area contributed by atoms with Gasteiger partial charge in [0.15, 0.2) is 0 Å². The zero-order valence-electron chi connectivity index (χ0n) is 13.0. The van der Waals surface area contributed by atoms with Gasteiger partial charge in [-0.1, -0.05) is 12.8 Å². The molecule has 5 heteroatoms. The monoisotopic (exact) mass is 290 g/mol. The first kappa shape index (κ1) is 15.9. The Kier molecular flexibility index (Phi) is 6.60. The molecule has 2 heterocycles. The second kappa shape index (κ2) is 8.72. The predicted molar refractivity (Wildman–Crippen MR) is 83.2 cm³/mol. The number of hydrogen-bond donors (Lipinski definition) is 1. The number of hydrogen-bond acceptors (Lipinski definition) is 4. The quantitative estimate of drug-likeness (QED) is 0.782. The minimum Gasteiger partial charge on any atom is -0.351 e. The van der Waals surface area contributed by atoms with Gasteiger partial charge >= 0.3 is 0 Å². The fourth-order valence-corrected chi connectivity index (χ4v) is 2.62. The molecule has 5 nitrogen and oxygen atoms in total. The Hall–Kier alpha value is -1.49. The van der Waals surface area contributed by atoms with E-state index in [1.165, 1.54) is 51.5 Å². The lowest BCUT2D eigenvalue weighted by Gasteiger charge is -2.26. The summed E-state index contributed by atoms with van der Waals surface area (Å²) in [5.41, 5.74) is 1.22. The fourth-order valence-electron chi connectivity index (χ4n) is 2.62. The average Bonchev–Trinajstić information content (AvgIpc) is 2.52. The normalized spacial score (nSPS) is 15.9. The molecule has 0 spiro atoms. The van der Waals surface area contributed by atoms with Gasteiger partial charge < -0.3 is 10.2 Å². The molecule has 0 aromatic carbocycles. The zero-order chi connectivity index (χ0) is 14.9. The van der Waals surface area contributed by atoms with Crippen molar-refractivity contribution >= 4 is 5.91 Å². The van der Waals surface area contributed by atoms with Crippen LogP contribution in [0.4, 0.5) is 0 Å². The molecule has 1 N–H and O–H groups in total. The number of carbonyl (C=O) groups is 1. The minimum absolute atomic E-state index is 0.126. The van der Waals surface area contributed by atoms with E-state index in [1.54, 1.807) is 6.20 Å². The number of carbonyl (C=O) groups excluding carboxylic acids is 1. The van der Waals surface area contributed by atoms with Crippen LogP contribution in [-0.2, 0) is 0 Å². The first-order valence-corrected chi connectivity index (χ1v) is 8.05. The molecule has 2 rings (SSSR count). The molecular weight excluding hydrogens is 264 g/mol. The smallest absolute Gasteiger partial charge is 0.271 e. The van der Waals surface area contributed by atoms with Crippen molar-refractivity contribution < 1.29 is 4.79 Å². The van der Waals surface area contributed by atoms with Crippen LogP contribution < -0.4 is 5.32 Å². The third kappa shape index (κ3) is 5.79. The Morgan fingerprint density at radius 1 is 1.14 bits per heavy atom. The molecule has 0 unspecified atom stereocenters. The minimum atomic E-state index is -0.126. The number of nitrogens with zero attached hydrogens (tertiary/aromatic N) is 3. The summed E-state index contributed by atoms with van der Waals surface area (Å²) >= 11 is 0. The van der Waals surface area contributed by atoms with E-state index in [1.807, 2.05) is 6.92 Å². The Bertz CT molecular complexity index is 426. The van der Waals surface area contributed by atoms with Crippen LogP contribution in [0.3, 0.4) is 0 Å². The zero-order valence-corrected chi connectivity index (χ0v) is 13.0. The summed E-state index contributed by atoms with van der Waals surface area (Å²) in [6, 6.07) is 0. The summed E-state index contributed by atoms with van der Waals surface area (Å²) in [5.74, 6) is -0.126. The highest BCUT2D eigenvalue weighted by Crippen LogP contribution is 2.09. The van der Waals surface area contributed by atoms with Crippen LogP contribution in [0, 0.1) is 6.92 Å². The average molecular weight is 290 g/mol. The van der Waals surface area contributed by atoms with E-state index in [9.17, 15) is 4.79 Å². The lowest BCUT2D eigenvalue weighted by atomic mass is 10.1. The molecule has 1 fully saturated rings. The summed E-state index contributed by atoms with van der Waals surface area (Å²) in [4.78, 5) is 22.5. The number of piperidine rings is 1. The summed E-state index contributed by atoms with van der Waals surface area (Å²) in [5, 5.41) is 2.90. The van der Waals surface area contributed by atoms with Gasteiger partial charge in [-0.05, 0) is 52.2 Å². The third-order valence-electron chi connectivity index (χ3n) is 3.90. The summed E-state index contributed by atoms with van der Waals surface area (Å²) < 4.78 is 0. The van der Waals surface area contributed by atoms with E-state index < -0.39 is 0 Å². The van der Waals surface area contributed by atoms with E-state index in [4.69, 9.17) is 0 Å². The van der Waals surface area contributed by atoms with Crippen LogP contribution in [-0.4, -0.2) is 47.0 Å². The van der Waals surface area contributed by atoms with Gasteiger partial charge in [0.25, 0.3) is 5.91 Å². The van der Waals surface area contributed by atoms with E-state index >= 15 is 0 Å². The molecule has 21 heavy (non-hydrogen) atoms. The van der Waals surface area contributed by atoms with Gasteiger partial charge in [-0.2, -0.15) is 0 Å². The van der Waals surface area contributed by atoms with Crippen LogP contribution in [0.15, 0.2) is 12.4 Å². The molecule has 0 atom stereocenters. The summed E-state index contributed by atoms with van der Waals surface area (Å²) in [7, 11) is 0. The first-order valence-electron chi connectivity index (χ1n) is 8.05. The maximum atomic E-state index is 11.8. The Labute approximate surface area is 127 Å². The molecular formula is C16H26N4O. The molecule has 0 saturated carbocycles. The Morgan fingerprint density at radius 3 is 2.67 bits per heavy atom. The maximum absolute atomic E-state index is 11.8. The van der Waals surface area contributed by atoms with Gasteiger partial charge in [0.1, 0.15) is 5.69 Å². The van der Waals surface area contributed by atoms with Crippen LogP contribution in [0.1, 0.15) is 54.7 Å². The molecule has 0 radical (unpaired) electrons. The summed E-state index contributed by atoms with van der Waals surface area (Å²) in [6.07, 6.45) is 10.7. The van der Waals surface area contributed by atoms with Crippen LogP contribution >= 0.6 is 0 Å². The summed E-state index contributed by atoms with van der Waals surface area (Å²) in [6.45, 7) is 6.31. The second-order valence-corrected chi connectivity index (χ2v) is 5.76. The van der Waals surface area contributed by atoms with Gasteiger partial charge in [-0.25, -0.2) is 4.98 Å². The first-order chi connectivity index (χ1) is 10.3. The number of unbranched alkanes of at least 4 members (excludes halogenated alkanes) is 2. The van der Waals surface area contributed by atoms with Crippen molar-refractivity contribution in [2.24, 2.45) is 0 Å². The molecule has 1 aliphatic heterocycles. The second-order valence-electron chi connectivity index (χ2n) is 5.76. The lowest BCUT2D eigenvalue weighted by molar-refractivity contribution is 0.0947. The number of rotatable bonds is 7. The highest BCUT2D eigenvalue weighted by Gasteiger charge is 2.09. The molecule has 1 aliphatic rings. The molecule has 0 aliphatic carbocycles. The molecule has 0 bridgehead atoms.